The van der Waals surface area contributed by atoms with Crippen molar-refractivity contribution in [3.05, 3.63) is 45.9 Å². The number of guanidine groups is 1. The highest BCUT2D eigenvalue weighted by molar-refractivity contribution is 14.0. The zero-order valence-corrected chi connectivity index (χ0v) is 19.5. The number of thiazole rings is 1. The predicted molar refractivity (Wildman–Crippen MR) is 121 cm³/mol. The molecule has 1 heterocycles. The van der Waals surface area contributed by atoms with E-state index in [-0.39, 0.29) is 41.4 Å². The summed E-state index contributed by atoms with van der Waals surface area (Å²) in [6, 6.07) is 6.79. The first-order chi connectivity index (χ1) is 13.8. The molecule has 2 rings (SSSR count). The monoisotopic (exact) mass is 557 g/mol. The first-order valence-electron chi connectivity index (χ1n) is 8.79. The molecule has 0 saturated carbocycles. The Morgan fingerprint density at radius 1 is 1.23 bits per heavy atom. The molecule has 0 atom stereocenters. The Morgan fingerprint density at radius 2 is 1.97 bits per heavy atom. The number of hydrogen-bond donors (Lipinski definition) is 3. The van der Waals surface area contributed by atoms with Crippen LogP contribution in [0.25, 0.3) is 0 Å². The van der Waals surface area contributed by atoms with Gasteiger partial charge in [0, 0.05) is 30.6 Å². The Hall–Kier alpha value is -2.09. The van der Waals surface area contributed by atoms with E-state index in [4.69, 9.17) is 4.74 Å². The maximum atomic E-state index is 12.6. The summed E-state index contributed by atoms with van der Waals surface area (Å²) in [5.41, 5.74) is -0.430. The van der Waals surface area contributed by atoms with E-state index in [1.807, 2.05) is 6.92 Å². The molecular formula is C18H23F3IN5O2S. The van der Waals surface area contributed by atoms with Crippen LogP contribution >= 0.6 is 35.3 Å². The molecule has 0 aliphatic heterocycles. The predicted octanol–water partition coefficient (Wildman–Crippen LogP) is 3.27. The minimum absolute atomic E-state index is 0. The Bertz CT molecular complexity index is 845. The van der Waals surface area contributed by atoms with Crippen LogP contribution in [0.3, 0.4) is 0 Å². The molecule has 3 N–H and O–H groups in total. The second-order valence-electron chi connectivity index (χ2n) is 5.73. The minimum Gasteiger partial charge on any atom is -0.497 e. The number of carbonyl (C=O) groups is 1. The third-order valence-corrected chi connectivity index (χ3v) is 4.43. The number of halogens is 4. The SMILES string of the molecule is CCNC(=NCc1nc(C(F)(F)F)cs1)NCCNC(=O)c1cccc(OC)c1.I. The third kappa shape index (κ3) is 8.34. The van der Waals surface area contributed by atoms with Gasteiger partial charge in [0.15, 0.2) is 11.7 Å². The van der Waals surface area contributed by atoms with Crippen molar-refractivity contribution in [2.45, 2.75) is 19.6 Å². The Balaban J connectivity index is 0.00000450. The highest BCUT2D eigenvalue weighted by atomic mass is 127. The van der Waals surface area contributed by atoms with Crippen molar-refractivity contribution in [1.29, 1.82) is 0 Å². The van der Waals surface area contributed by atoms with Crippen LogP contribution in [0.5, 0.6) is 5.75 Å². The standard InChI is InChI=1S/C18H22F3N5O2S.HI/c1-3-22-17(25-10-15-26-14(11-29-15)18(19,20)21)24-8-7-23-16(27)12-5-4-6-13(9-12)28-2;/h4-6,9,11H,3,7-8,10H2,1-2H3,(H,23,27)(H2,22,24,25);1H. The number of ether oxygens (including phenoxy) is 1. The van der Waals surface area contributed by atoms with Gasteiger partial charge in [-0.1, -0.05) is 6.07 Å². The molecule has 166 valence electrons. The molecule has 0 radical (unpaired) electrons. The van der Waals surface area contributed by atoms with Crippen LogP contribution in [0.1, 0.15) is 28.0 Å². The molecule has 7 nitrogen and oxygen atoms in total. The Labute approximate surface area is 193 Å². The fraction of sp³-hybridized carbons (Fsp3) is 0.389. The van der Waals surface area contributed by atoms with Crippen molar-refractivity contribution in [3.8, 4) is 5.75 Å². The van der Waals surface area contributed by atoms with Crippen molar-refractivity contribution in [1.82, 2.24) is 20.9 Å². The highest BCUT2D eigenvalue weighted by Crippen LogP contribution is 2.30. The van der Waals surface area contributed by atoms with E-state index in [1.54, 1.807) is 24.3 Å². The van der Waals surface area contributed by atoms with Crippen molar-refractivity contribution in [3.63, 3.8) is 0 Å². The number of amides is 1. The van der Waals surface area contributed by atoms with Gasteiger partial charge in [0.25, 0.3) is 5.91 Å². The normalized spacial score (nSPS) is 11.4. The van der Waals surface area contributed by atoms with Gasteiger partial charge >= 0.3 is 6.18 Å². The molecule has 0 aliphatic carbocycles. The number of nitrogens with one attached hydrogen (secondary N) is 3. The summed E-state index contributed by atoms with van der Waals surface area (Å²) in [5.74, 6) is 0.773. The van der Waals surface area contributed by atoms with E-state index >= 15 is 0 Å². The lowest BCUT2D eigenvalue weighted by Gasteiger charge is -2.12. The molecule has 12 heteroatoms. The summed E-state index contributed by atoms with van der Waals surface area (Å²) in [4.78, 5) is 19.9. The van der Waals surface area contributed by atoms with Gasteiger partial charge < -0.3 is 20.7 Å². The van der Waals surface area contributed by atoms with Crippen molar-refractivity contribution in [2.75, 3.05) is 26.7 Å². The van der Waals surface area contributed by atoms with Crippen LogP contribution in [0.15, 0.2) is 34.6 Å². The van der Waals surface area contributed by atoms with Crippen LogP contribution in [0.4, 0.5) is 13.2 Å². The summed E-state index contributed by atoms with van der Waals surface area (Å²) in [6.45, 7) is 3.18. The van der Waals surface area contributed by atoms with Gasteiger partial charge in [-0.25, -0.2) is 9.98 Å². The lowest BCUT2D eigenvalue weighted by Crippen LogP contribution is -2.41. The van der Waals surface area contributed by atoms with Crippen LogP contribution in [0, 0.1) is 0 Å². The van der Waals surface area contributed by atoms with Gasteiger partial charge in [0.2, 0.25) is 0 Å². The summed E-state index contributed by atoms with van der Waals surface area (Å²) < 4.78 is 42.9. The second kappa shape index (κ2) is 12.6. The number of rotatable bonds is 8. The molecule has 0 aliphatic rings. The maximum absolute atomic E-state index is 12.6. The zero-order valence-electron chi connectivity index (χ0n) is 16.4. The van der Waals surface area contributed by atoms with Crippen molar-refractivity contribution >= 4 is 47.2 Å². The van der Waals surface area contributed by atoms with E-state index in [0.29, 0.717) is 36.9 Å². The molecule has 0 saturated heterocycles. The van der Waals surface area contributed by atoms with Gasteiger partial charge in [0.05, 0.1) is 13.7 Å². The Kier molecular flexibility index (Phi) is 10.9. The number of aliphatic imine (C=N–C) groups is 1. The molecule has 0 bridgehead atoms. The van der Waals surface area contributed by atoms with Gasteiger partial charge in [-0.2, -0.15) is 13.2 Å². The van der Waals surface area contributed by atoms with Gasteiger partial charge in [-0.05, 0) is 25.1 Å². The van der Waals surface area contributed by atoms with E-state index in [2.05, 4.69) is 25.9 Å². The molecule has 0 unspecified atom stereocenters. The molecule has 2 aromatic rings. The Morgan fingerprint density at radius 3 is 2.60 bits per heavy atom. The van der Waals surface area contributed by atoms with E-state index < -0.39 is 11.9 Å². The molecular weight excluding hydrogens is 534 g/mol. The largest absolute Gasteiger partial charge is 0.497 e. The van der Waals surface area contributed by atoms with Crippen LogP contribution in [-0.4, -0.2) is 43.6 Å². The lowest BCUT2D eigenvalue weighted by atomic mass is 10.2. The van der Waals surface area contributed by atoms with Gasteiger partial charge in [-0.15, -0.1) is 35.3 Å². The first kappa shape index (κ1) is 25.9. The van der Waals surface area contributed by atoms with Gasteiger partial charge in [0.1, 0.15) is 10.8 Å². The summed E-state index contributed by atoms with van der Waals surface area (Å²) in [6.07, 6.45) is -4.46. The molecule has 1 amide bonds. The molecule has 0 spiro atoms. The maximum Gasteiger partial charge on any atom is 0.434 e. The average molecular weight is 557 g/mol. The number of alkyl halides is 3. The average Bonchev–Trinajstić information content (AvgIpc) is 3.18. The fourth-order valence-electron chi connectivity index (χ4n) is 2.23. The quantitative estimate of drug-likeness (QED) is 0.201. The first-order valence-corrected chi connectivity index (χ1v) is 9.67. The summed E-state index contributed by atoms with van der Waals surface area (Å²) >= 11 is 0.908. The van der Waals surface area contributed by atoms with E-state index in [0.717, 1.165) is 16.7 Å². The van der Waals surface area contributed by atoms with Crippen LogP contribution in [0.2, 0.25) is 0 Å². The van der Waals surface area contributed by atoms with Crippen LogP contribution in [-0.2, 0) is 12.7 Å². The summed E-state index contributed by atoms with van der Waals surface area (Å²) in [5, 5.41) is 10.0. The lowest BCUT2D eigenvalue weighted by molar-refractivity contribution is -0.140. The number of methoxy groups -OCH3 is 1. The molecule has 30 heavy (non-hydrogen) atoms. The zero-order chi connectivity index (χ0) is 21.3. The minimum atomic E-state index is -4.46. The number of carbonyl (C=O) groups excluding carboxylic acids is 1. The number of aromatic nitrogens is 1. The highest BCUT2D eigenvalue weighted by Gasteiger charge is 2.33. The fourth-order valence-corrected chi connectivity index (χ4v) is 2.95. The van der Waals surface area contributed by atoms with Crippen molar-refractivity contribution in [2.24, 2.45) is 4.99 Å². The molecule has 0 fully saturated rings. The van der Waals surface area contributed by atoms with Crippen molar-refractivity contribution < 1.29 is 22.7 Å². The van der Waals surface area contributed by atoms with E-state index in [9.17, 15) is 18.0 Å². The third-order valence-electron chi connectivity index (χ3n) is 3.59. The van der Waals surface area contributed by atoms with E-state index in [1.165, 1.54) is 7.11 Å². The topological polar surface area (TPSA) is 87.6 Å². The number of benzene rings is 1. The molecule has 1 aromatic carbocycles. The van der Waals surface area contributed by atoms with Crippen LogP contribution < -0.4 is 20.7 Å². The summed E-state index contributed by atoms with van der Waals surface area (Å²) in [7, 11) is 1.53. The van der Waals surface area contributed by atoms with Gasteiger partial charge in [-0.3, -0.25) is 4.79 Å². The number of hydrogen-bond acceptors (Lipinski definition) is 5. The molecule has 1 aromatic heterocycles. The number of nitrogens with zero attached hydrogens (tertiary/aromatic N) is 2. The second-order valence-corrected chi connectivity index (χ2v) is 6.68. The smallest absolute Gasteiger partial charge is 0.434 e.